The molecule has 0 aliphatic carbocycles. The monoisotopic (exact) mass is 249 g/mol. The number of pyridine rings is 1. The van der Waals surface area contributed by atoms with Crippen molar-refractivity contribution in [2.24, 2.45) is 5.92 Å². The summed E-state index contributed by atoms with van der Waals surface area (Å²) in [5.41, 5.74) is 0. The molecule has 1 aromatic heterocycles. The summed E-state index contributed by atoms with van der Waals surface area (Å²) in [6.07, 6.45) is 1.84. The van der Waals surface area contributed by atoms with Crippen molar-refractivity contribution in [3.05, 3.63) is 18.3 Å². The first kappa shape index (κ1) is 13.1. The van der Waals surface area contributed by atoms with Crippen LogP contribution in [0.25, 0.3) is 0 Å². The lowest BCUT2D eigenvalue weighted by Gasteiger charge is -2.33. The van der Waals surface area contributed by atoms with Gasteiger partial charge in [0.25, 0.3) is 0 Å². The zero-order chi connectivity index (χ0) is 13.0. The lowest BCUT2D eigenvalue weighted by Crippen LogP contribution is -2.44. The molecular weight excluding hydrogens is 226 g/mol. The Morgan fingerprint density at radius 1 is 1.28 bits per heavy atom. The number of ether oxygens (including phenoxy) is 1. The number of piperazine rings is 1. The maximum Gasteiger partial charge on any atom is 0.132 e. The van der Waals surface area contributed by atoms with Crippen molar-refractivity contribution in [2.45, 2.75) is 13.8 Å². The van der Waals surface area contributed by atoms with E-state index in [1.165, 1.54) is 0 Å². The van der Waals surface area contributed by atoms with Crippen molar-refractivity contribution in [2.75, 3.05) is 44.7 Å². The van der Waals surface area contributed by atoms with Crippen LogP contribution in [0.4, 0.5) is 5.82 Å². The van der Waals surface area contributed by atoms with Crippen LogP contribution >= 0.6 is 0 Å². The molecule has 2 rings (SSSR count). The molecule has 0 bridgehead atoms. The van der Waals surface area contributed by atoms with E-state index in [-0.39, 0.29) is 0 Å². The second-order valence-corrected chi connectivity index (χ2v) is 5.34. The first-order chi connectivity index (χ1) is 8.65. The largest absolute Gasteiger partial charge is 0.493 e. The molecule has 0 spiro atoms. The number of likely N-dealkylation sites (N-methyl/N-ethyl adjacent to an activating group) is 1. The highest BCUT2D eigenvalue weighted by Crippen LogP contribution is 2.19. The van der Waals surface area contributed by atoms with Gasteiger partial charge >= 0.3 is 0 Å². The molecule has 0 saturated carbocycles. The molecule has 0 atom stereocenters. The molecule has 0 radical (unpaired) electrons. The van der Waals surface area contributed by atoms with E-state index in [9.17, 15) is 0 Å². The van der Waals surface area contributed by atoms with Crippen LogP contribution in [-0.2, 0) is 0 Å². The van der Waals surface area contributed by atoms with E-state index >= 15 is 0 Å². The third-order valence-electron chi connectivity index (χ3n) is 3.13. The number of anilines is 1. The van der Waals surface area contributed by atoms with E-state index in [0.717, 1.165) is 44.4 Å². The summed E-state index contributed by atoms with van der Waals surface area (Å²) in [5, 5.41) is 0. The van der Waals surface area contributed by atoms with Gasteiger partial charge in [-0.05, 0) is 19.0 Å². The molecule has 1 aromatic rings. The summed E-state index contributed by atoms with van der Waals surface area (Å²) in [6.45, 7) is 9.34. The second-order valence-electron chi connectivity index (χ2n) is 5.34. The molecule has 4 heteroatoms. The van der Waals surface area contributed by atoms with Gasteiger partial charge in [-0.25, -0.2) is 4.98 Å². The molecule has 0 amide bonds. The minimum absolute atomic E-state index is 0.547. The van der Waals surface area contributed by atoms with Gasteiger partial charge in [-0.2, -0.15) is 0 Å². The molecule has 2 heterocycles. The number of rotatable bonds is 4. The molecule has 1 fully saturated rings. The quantitative estimate of drug-likeness (QED) is 0.814. The zero-order valence-corrected chi connectivity index (χ0v) is 11.6. The Bertz CT molecular complexity index is 373. The van der Waals surface area contributed by atoms with Gasteiger partial charge < -0.3 is 14.5 Å². The third-order valence-corrected chi connectivity index (χ3v) is 3.13. The van der Waals surface area contributed by atoms with E-state index in [1.54, 1.807) is 0 Å². The first-order valence-corrected chi connectivity index (χ1v) is 6.67. The summed E-state index contributed by atoms with van der Waals surface area (Å²) in [4.78, 5) is 9.11. The molecule has 4 nitrogen and oxygen atoms in total. The summed E-state index contributed by atoms with van der Waals surface area (Å²) in [5.74, 6) is 2.50. The van der Waals surface area contributed by atoms with Crippen LogP contribution < -0.4 is 9.64 Å². The Morgan fingerprint density at radius 3 is 2.67 bits per heavy atom. The molecule has 1 aliphatic rings. The van der Waals surface area contributed by atoms with E-state index in [1.807, 2.05) is 18.3 Å². The van der Waals surface area contributed by atoms with Gasteiger partial charge in [-0.1, -0.05) is 13.8 Å². The van der Waals surface area contributed by atoms with Crippen LogP contribution in [0.15, 0.2) is 18.3 Å². The van der Waals surface area contributed by atoms with Crippen molar-refractivity contribution >= 4 is 5.82 Å². The maximum atomic E-state index is 5.74. The van der Waals surface area contributed by atoms with Gasteiger partial charge in [0.2, 0.25) is 0 Å². The average molecular weight is 249 g/mol. The van der Waals surface area contributed by atoms with Gasteiger partial charge in [0, 0.05) is 38.4 Å². The van der Waals surface area contributed by atoms with E-state index < -0.39 is 0 Å². The first-order valence-electron chi connectivity index (χ1n) is 6.67. The normalized spacial score (nSPS) is 17.2. The SMILES string of the molecule is CC(C)COc1ccnc(N2CCN(C)CC2)c1. The Labute approximate surface area is 110 Å². The van der Waals surface area contributed by atoms with Crippen LogP contribution in [0.3, 0.4) is 0 Å². The summed E-state index contributed by atoms with van der Waals surface area (Å²) >= 11 is 0. The van der Waals surface area contributed by atoms with Crippen molar-refractivity contribution in [1.29, 1.82) is 0 Å². The Hall–Kier alpha value is -1.29. The van der Waals surface area contributed by atoms with Crippen molar-refractivity contribution in [1.82, 2.24) is 9.88 Å². The smallest absolute Gasteiger partial charge is 0.132 e. The van der Waals surface area contributed by atoms with E-state index in [2.05, 4.69) is 35.7 Å². The molecule has 1 saturated heterocycles. The Morgan fingerprint density at radius 2 is 2.00 bits per heavy atom. The predicted molar refractivity (Wildman–Crippen MR) is 74.3 cm³/mol. The van der Waals surface area contributed by atoms with Crippen molar-refractivity contribution in [3.63, 3.8) is 0 Å². The fourth-order valence-electron chi connectivity index (χ4n) is 1.96. The van der Waals surface area contributed by atoms with Gasteiger partial charge in [0.15, 0.2) is 0 Å². The highest BCUT2D eigenvalue weighted by atomic mass is 16.5. The molecule has 0 N–H and O–H groups in total. The lowest BCUT2D eigenvalue weighted by molar-refractivity contribution is 0.270. The third kappa shape index (κ3) is 3.60. The zero-order valence-electron chi connectivity index (χ0n) is 11.6. The predicted octanol–water partition coefficient (Wildman–Crippen LogP) is 1.87. The van der Waals surface area contributed by atoms with Crippen LogP contribution in [0.1, 0.15) is 13.8 Å². The number of hydrogen-bond acceptors (Lipinski definition) is 4. The second kappa shape index (κ2) is 6.05. The van der Waals surface area contributed by atoms with Crippen LogP contribution in [-0.4, -0.2) is 49.7 Å². The average Bonchev–Trinajstić information content (AvgIpc) is 2.37. The molecule has 100 valence electrons. The molecule has 1 aliphatic heterocycles. The molecule has 18 heavy (non-hydrogen) atoms. The fraction of sp³-hybridized carbons (Fsp3) is 0.643. The van der Waals surface area contributed by atoms with Gasteiger partial charge in [-0.15, -0.1) is 0 Å². The molecule has 0 aromatic carbocycles. The van der Waals surface area contributed by atoms with E-state index in [0.29, 0.717) is 5.92 Å². The summed E-state index contributed by atoms with van der Waals surface area (Å²) in [7, 11) is 2.16. The Kier molecular flexibility index (Phi) is 4.42. The topological polar surface area (TPSA) is 28.6 Å². The highest BCUT2D eigenvalue weighted by Gasteiger charge is 2.15. The van der Waals surface area contributed by atoms with Gasteiger partial charge in [0.05, 0.1) is 6.61 Å². The minimum atomic E-state index is 0.547. The van der Waals surface area contributed by atoms with Gasteiger partial charge in [-0.3, -0.25) is 0 Å². The maximum absolute atomic E-state index is 5.74. The molecular formula is C14H23N3O. The number of aromatic nitrogens is 1. The summed E-state index contributed by atoms with van der Waals surface area (Å²) in [6, 6.07) is 3.98. The highest BCUT2D eigenvalue weighted by molar-refractivity contribution is 5.44. The number of nitrogens with zero attached hydrogens (tertiary/aromatic N) is 3. The Balaban J connectivity index is 1.98. The van der Waals surface area contributed by atoms with Crippen LogP contribution in [0.2, 0.25) is 0 Å². The minimum Gasteiger partial charge on any atom is -0.493 e. The fourth-order valence-corrected chi connectivity index (χ4v) is 1.96. The van der Waals surface area contributed by atoms with Crippen LogP contribution in [0.5, 0.6) is 5.75 Å². The van der Waals surface area contributed by atoms with Gasteiger partial charge in [0.1, 0.15) is 11.6 Å². The van der Waals surface area contributed by atoms with Crippen LogP contribution in [0, 0.1) is 5.92 Å². The standard InChI is InChI=1S/C14H23N3O/c1-12(2)11-18-13-4-5-15-14(10-13)17-8-6-16(3)7-9-17/h4-5,10,12H,6-9,11H2,1-3H3. The van der Waals surface area contributed by atoms with Crippen molar-refractivity contribution in [3.8, 4) is 5.75 Å². The lowest BCUT2D eigenvalue weighted by atomic mass is 10.2. The number of hydrogen-bond donors (Lipinski definition) is 0. The van der Waals surface area contributed by atoms with E-state index in [4.69, 9.17) is 4.74 Å². The molecule has 0 unspecified atom stereocenters. The summed E-state index contributed by atoms with van der Waals surface area (Å²) < 4.78 is 5.74. The van der Waals surface area contributed by atoms with Crippen molar-refractivity contribution < 1.29 is 4.74 Å².